The normalized spacial score (nSPS) is 12.0. The van der Waals surface area contributed by atoms with Crippen LogP contribution < -0.4 is 9.64 Å². The number of rotatable bonds is 3. The van der Waals surface area contributed by atoms with E-state index in [1.807, 2.05) is 0 Å². The summed E-state index contributed by atoms with van der Waals surface area (Å²) < 4.78 is 98.7. The van der Waals surface area contributed by atoms with Crippen molar-refractivity contribution < 1.29 is 45.4 Å². The zero-order valence-corrected chi connectivity index (χ0v) is 19.6. The molecule has 15 heteroatoms. The molecule has 2 rings (SSSR count). The molecule has 0 fully saturated rings. The van der Waals surface area contributed by atoms with Gasteiger partial charge < -0.3 is 9.84 Å². The molecule has 0 saturated carbocycles. The van der Waals surface area contributed by atoms with Crippen molar-refractivity contribution in [2.24, 2.45) is 0 Å². The van der Waals surface area contributed by atoms with Gasteiger partial charge in [0.1, 0.15) is 11.4 Å². The molecule has 0 atom stereocenters. The van der Waals surface area contributed by atoms with Crippen molar-refractivity contribution in [2.75, 3.05) is 4.90 Å². The fourth-order valence-electron chi connectivity index (χ4n) is 2.65. The van der Waals surface area contributed by atoms with Crippen LogP contribution in [0.5, 0.6) is 5.75 Å². The molecule has 0 aliphatic carbocycles. The number of alkyl halides is 6. The number of carbonyl (C=O) groups is 1. The molecule has 0 aliphatic heterocycles. The zero-order chi connectivity index (χ0) is 25.2. The van der Waals surface area contributed by atoms with Gasteiger partial charge in [-0.25, -0.2) is 9.18 Å². The van der Waals surface area contributed by atoms with E-state index >= 15 is 0 Å². The van der Waals surface area contributed by atoms with E-state index < -0.39 is 52.2 Å². The number of hydrogen-bond acceptors (Lipinski definition) is 4. The number of benzene rings is 2. The molecule has 1 amide bonds. The quantitative estimate of drug-likeness (QED) is 0.189. The molecular weight excluding hydrogens is 592 g/mol. The van der Waals surface area contributed by atoms with Gasteiger partial charge >= 0.3 is 18.4 Å². The Morgan fingerprint density at radius 2 is 1.64 bits per heavy atom. The highest BCUT2D eigenvalue weighted by atomic mass is 127. The predicted molar refractivity (Wildman–Crippen MR) is 122 cm³/mol. The molecule has 0 aromatic heterocycles. The molecule has 0 unspecified atom stereocenters. The van der Waals surface area contributed by atoms with Crippen LogP contribution in [-0.2, 0) is 12.4 Å². The van der Waals surface area contributed by atoms with Crippen LogP contribution >= 0.6 is 30.1 Å². The third kappa shape index (κ3) is 6.97. The first-order chi connectivity index (χ1) is 15.1. The molecule has 4 nitrogen and oxygen atoms in total. The summed E-state index contributed by atoms with van der Waals surface area (Å²) in [7, 11) is 2.98. The molecule has 0 heterocycles. The second kappa shape index (κ2) is 10.1. The molecule has 33 heavy (non-hydrogen) atoms. The molecular formula is C18H11B2F7INO3S. The minimum Gasteiger partial charge on any atom is -0.408 e. The highest BCUT2D eigenvalue weighted by Gasteiger charge is 2.42. The molecule has 2 aromatic rings. The van der Waals surface area contributed by atoms with Crippen molar-refractivity contribution in [1.29, 1.82) is 0 Å². The first-order valence-corrected chi connectivity index (χ1v) is 12.0. The van der Waals surface area contributed by atoms with Crippen LogP contribution in [0.2, 0.25) is 0 Å². The number of nitrogens with zero attached hydrogens (tertiary/aromatic N) is 1. The number of anilines is 1. The SMILES string of the molecule is BC(B)(O)N(C(=O)Oc1c(C#CSI)cc(C(F)(F)F)cc1C(F)(F)F)c1ccc(F)cc1. The Bertz CT molecular complexity index is 1090. The van der Waals surface area contributed by atoms with E-state index in [0.29, 0.717) is 11.0 Å². The molecule has 0 spiro atoms. The van der Waals surface area contributed by atoms with Gasteiger partial charge in [-0.2, -0.15) is 26.3 Å². The number of carbonyl (C=O) groups excluding carboxylic acids is 1. The van der Waals surface area contributed by atoms with Crippen molar-refractivity contribution in [2.45, 2.75) is 17.9 Å². The second-order valence-corrected chi connectivity index (χ2v) is 8.55. The zero-order valence-electron chi connectivity index (χ0n) is 16.6. The number of aliphatic hydroxyl groups is 1. The summed E-state index contributed by atoms with van der Waals surface area (Å²) in [6, 6.07) is 4.09. The lowest BCUT2D eigenvalue weighted by Gasteiger charge is -2.34. The van der Waals surface area contributed by atoms with Gasteiger partial charge in [0, 0.05) is 26.9 Å². The average molecular weight is 603 g/mol. The van der Waals surface area contributed by atoms with Crippen LogP contribution in [0, 0.1) is 17.0 Å². The predicted octanol–water partition coefficient (Wildman–Crippen LogP) is 4.13. The van der Waals surface area contributed by atoms with E-state index in [1.54, 1.807) is 21.2 Å². The van der Waals surface area contributed by atoms with Crippen LogP contribution in [0.1, 0.15) is 16.7 Å². The van der Waals surface area contributed by atoms with Crippen molar-refractivity contribution in [3.05, 3.63) is 58.9 Å². The summed E-state index contributed by atoms with van der Waals surface area (Å²) in [5, 5.41) is 12.6. The largest absolute Gasteiger partial charge is 0.420 e. The Morgan fingerprint density at radius 1 is 1.06 bits per heavy atom. The summed E-state index contributed by atoms with van der Waals surface area (Å²) in [5.74, 6) is 0.152. The van der Waals surface area contributed by atoms with Gasteiger partial charge in [0.25, 0.3) is 0 Å². The molecule has 0 radical (unpaired) electrons. The number of hydrogen-bond donors (Lipinski definition) is 1. The summed E-state index contributed by atoms with van der Waals surface area (Å²) in [4.78, 5) is 13.3. The lowest BCUT2D eigenvalue weighted by Crippen LogP contribution is -2.54. The first kappa shape index (κ1) is 27.2. The Kier molecular flexibility index (Phi) is 8.29. The number of ether oxygens (including phenoxy) is 1. The van der Waals surface area contributed by atoms with Crippen molar-refractivity contribution >= 4 is 57.6 Å². The van der Waals surface area contributed by atoms with E-state index in [-0.39, 0.29) is 11.8 Å². The van der Waals surface area contributed by atoms with Crippen molar-refractivity contribution in [3.8, 4) is 16.9 Å². The van der Waals surface area contributed by atoms with E-state index in [0.717, 1.165) is 48.9 Å². The van der Waals surface area contributed by atoms with Crippen LogP contribution in [0.25, 0.3) is 0 Å². The van der Waals surface area contributed by atoms with Gasteiger partial charge in [0.05, 0.1) is 16.7 Å². The van der Waals surface area contributed by atoms with E-state index in [9.17, 15) is 40.6 Å². The smallest absolute Gasteiger partial charge is 0.408 e. The van der Waals surface area contributed by atoms with Gasteiger partial charge in [-0.05, 0) is 50.6 Å². The third-order valence-corrected chi connectivity index (χ3v) is 4.79. The van der Waals surface area contributed by atoms with Gasteiger partial charge in [-0.1, -0.05) is 5.92 Å². The maximum Gasteiger partial charge on any atom is 0.420 e. The first-order valence-electron chi connectivity index (χ1n) is 8.66. The lowest BCUT2D eigenvalue weighted by molar-refractivity contribution is -0.143. The van der Waals surface area contributed by atoms with Crippen LogP contribution in [-0.4, -0.2) is 32.4 Å². The third-order valence-electron chi connectivity index (χ3n) is 3.95. The van der Waals surface area contributed by atoms with Crippen molar-refractivity contribution in [3.63, 3.8) is 0 Å². The highest BCUT2D eigenvalue weighted by Crippen LogP contribution is 2.43. The molecule has 0 aliphatic rings. The Hall–Kier alpha value is -2.05. The molecule has 2 aromatic carbocycles. The van der Waals surface area contributed by atoms with Crippen LogP contribution in [0.4, 0.5) is 41.2 Å². The fraction of sp³-hybridized carbons (Fsp3) is 0.167. The molecule has 0 bridgehead atoms. The van der Waals surface area contributed by atoms with Gasteiger partial charge in [-0.15, -0.1) is 0 Å². The summed E-state index contributed by atoms with van der Waals surface area (Å²) in [6.07, 6.45) is -12.0. The number of amides is 1. The maximum absolute atomic E-state index is 13.7. The second-order valence-electron chi connectivity index (χ2n) is 6.87. The molecule has 0 saturated heterocycles. The fourth-order valence-corrected chi connectivity index (χ4v) is 3.13. The van der Waals surface area contributed by atoms with Gasteiger partial charge in [0.15, 0.2) is 21.4 Å². The van der Waals surface area contributed by atoms with Crippen LogP contribution in [0.15, 0.2) is 36.4 Å². The lowest BCUT2D eigenvalue weighted by atomic mass is 9.72. The topological polar surface area (TPSA) is 49.8 Å². The minimum atomic E-state index is -5.35. The van der Waals surface area contributed by atoms with E-state index in [1.165, 1.54) is 0 Å². The number of halogens is 8. The van der Waals surface area contributed by atoms with E-state index in [4.69, 9.17) is 4.74 Å². The maximum atomic E-state index is 13.7. The standard InChI is InChI=1S/C18H11B2F7INO3S/c19-18(20,31)29(12-3-1-11(21)2-4-12)15(30)32-14-9(5-6-33-28)7-10(16(22,23)24)8-13(14)17(25,26)27/h1-4,7-8,31H,19-20H2. The van der Waals surface area contributed by atoms with Crippen LogP contribution in [0.3, 0.4) is 0 Å². The van der Waals surface area contributed by atoms with Gasteiger partial charge in [0.2, 0.25) is 0 Å². The Morgan fingerprint density at radius 3 is 2.09 bits per heavy atom. The Labute approximate surface area is 201 Å². The summed E-state index contributed by atoms with van der Waals surface area (Å²) >= 11 is 1.65. The van der Waals surface area contributed by atoms with E-state index in [2.05, 4.69) is 11.2 Å². The van der Waals surface area contributed by atoms with Gasteiger partial charge in [-0.3, -0.25) is 4.90 Å². The summed E-state index contributed by atoms with van der Waals surface area (Å²) in [6.45, 7) is 0. The Balaban J connectivity index is 2.70. The van der Waals surface area contributed by atoms with Crippen molar-refractivity contribution in [1.82, 2.24) is 0 Å². The highest BCUT2D eigenvalue weighted by molar-refractivity contribution is 14.2. The summed E-state index contributed by atoms with van der Waals surface area (Å²) in [5.41, 5.74) is -6.57. The molecule has 1 N–H and O–H groups in total. The monoisotopic (exact) mass is 603 g/mol. The molecule has 174 valence electrons. The minimum absolute atomic E-state index is 0.148. The average Bonchev–Trinajstić information content (AvgIpc) is 2.65.